The van der Waals surface area contributed by atoms with Crippen molar-refractivity contribution in [3.8, 4) is 0 Å². The van der Waals surface area contributed by atoms with E-state index in [-0.39, 0.29) is 11.0 Å². The van der Waals surface area contributed by atoms with E-state index in [9.17, 15) is 9.59 Å². The van der Waals surface area contributed by atoms with Crippen LogP contribution in [0.2, 0.25) is 0 Å². The maximum Gasteiger partial charge on any atom is 0.276 e. The second kappa shape index (κ2) is 7.67. The SMILES string of the molecule is CCn1cc(C(=O)N/N=C/c2cccc3ccccc23)c(=O)c2ccc(C)nc21. The van der Waals surface area contributed by atoms with E-state index < -0.39 is 5.91 Å². The monoisotopic (exact) mass is 384 g/mol. The third-order valence-electron chi connectivity index (χ3n) is 4.84. The molecular formula is C23H20N4O2. The number of amides is 1. The lowest BCUT2D eigenvalue weighted by atomic mass is 10.1. The first kappa shape index (κ1) is 18.6. The van der Waals surface area contributed by atoms with Gasteiger partial charge in [0.25, 0.3) is 5.91 Å². The normalized spacial score (nSPS) is 11.4. The van der Waals surface area contributed by atoms with Crippen molar-refractivity contribution in [3.63, 3.8) is 0 Å². The molecule has 2 heterocycles. The average molecular weight is 384 g/mol. The standard InChI is InChI=1S/C23H20N4O2/c1-3-27-14-20(21(28)19-12-11-15(2)25-22(19)27)23(29)26-24-13-17-9-6-8-16-7-4-5-10-18(16)17/h4-14H,3H2,1-2H3,(H,26,29)/b24-13+. The van der Waals surface area contributed by atoms with Gasteiger partial charge in [-0.3, -0.25) is 9.59 Å². The van der Waals surface area contributed by atoms with Crippen molar-refractivity contribution in [2.24, 2.45) is 5.10 Å². The van der Waals surface area contributed by atoms with Crippen LogP contribution in [0.3, 0.4) is 0 Å². The molecule has 4 rings (SSSR count). The summed E-state index contributed by atoms with van der Waals surface area (Å²) in [4.78, 5) is 29.9. The van der Waals surface area contributed by atoms with E-state index in [1.807, 2.05) is 56.3 Å². The van der Waals surface area contributed by atoms with Gasteiger partial charge in [0.2, 0.25) is 5.43 Å². The van der Waals surface area contributed by atoms with Crippen molar-refractivity contribution in [1.82, 2.24) is 15.0 Å². The predicted octanol–water partition coefficient (Wildman–Crippen LogP) is 3.64. The van der Waals surface area contributed by atoms with Crippen LogP contribution in [0, 0.1) is 6.92 Å². The molecule has 0 aliphatic carbocycles. The van der Waals surface area contributed by atoms with Gasteiger partial charge in [-0.15, -0.1) is 0 Å². The number of aromatic nitrogens is 2. The molecule has 0 radical (unpaired) electrons. The summed E-state index contributed by atoms with van der Waals surface area (Å²) in [7, 11) is 0. The van der Waals surface area contributed by atoms with E-state index in [1.165, 1.54) is 0 Å². The Morgan fingerprint density at radius 3 is 2.72 bits per heavy atom. The second-order valence-corrected chi connectivity index (χ2v) is 6.75. The predicted molar refractivity (Wildman–Crippen MR) is 115 cm³/mol. The second-order valence-electron chi connectivity index (χ2n) is 6.75. The first-order valence-electron chi connectivity index (χ1n) is 9.40. The van der Waals surface area contributed by atoms with Gasteiger partial charge in [0.15, 0.2) is 0 Å². The number of nitrogens with zero attached hydrogens (tertiary/aromatic N) is 3. The fraction of sp³-hybridized carbons (Fsp3) is 0.130. The summed E-state index contributed by atoms with van der Waals surface area (Å²) < 4.78 is 1.80. The van der Waals surface area contributed by atoms with E-state index >= 15 is 0 Å². The molecule has 0 spiro atoms. The van der Waals surface area contributed by atoms with Crippen LogP contribution in [0.25, 0.3) is 21.8 Å². The highest BCUT2D eigenvalue weighted by atomic mass is 16.2. The highest BCUT2D eigenvalue weighted by molar-refractivity contribution is 6.01. The molecule has 0 aliphatic heterocycles. The molecule has 6 nitrogen and oxygen atoms in total. The van der Waals surface area contributed by atoms with Gasteiger partial charge in [0.05, 0.1) is 11.6 Å². The number of nitrogens with one attached hydrogen (secondary N) is 1. The molecule has 0 atom stereocenters. The molecule has 0 saturated heterocycles. The Bertz CT molecular complexity index is 1320. The van der Waals surface area contributed by atoms with Gasteiger partial charge in [-0.25, -0.2) is 10.4 Å². The Morgan fingerprint density at radius 1 is 1.10 bits per heavy atom. The zero-order valence-electron chi connectivity index (χ0n) is 16.2. The molecule has 29 heavy (non-hydrogen) atoms. The van der Waals surface area contributed by atoms with Gasteiger partial charge in [-0.05, 0) is 36.8 Å². The molecule has 4 aromatic rings. The Hall–Kier alpha value is -3.80. The topological polar surface area (TPSA) is 76.3 Å². The average Bonchev–Trinajstić information content (AvgIpc) is 2.74. The summed E-state index contributed by atoms with van der Waals surface area (Å²) in [5.41, 5.74) is 4.44. The maximum absolute atomic E-state index is 12.8. The molecule has 2 aromatic heterocycles. The maximum atomic E-state index is 12.8. The summed E-state index contributed by atoms with van der Waals surface area (Å²) in [6.07, 6.45) is 3.13. The third-order valence-corrected chi connectivity index (χ3v) is 4.84. The molecular weight excluding hydrogens is 364 g/mol. The highest BCUT2D eigenvalue weighted by Crippen LogP contribution is 2.16. The molecule has 1 N–H and O–H groups in total. The third kappa shape index (κ3) is 3.52. The molecule has 0 fully saturated rings. The summed E-state index contributed by atoms with van der Waals surface area (Å²) in [6, 6.07) is 17.3. The first-order chi connectivity index (χ1) is 14.1. The number of hydrogen-bond donors (Lipinski definition) is 1. The molecule has 0 bridgehead atoms. The lowest BCUT2D eigenvalue weighted by Crippen LogP contribution is -2.27. The number of hydrogen-bond acceptors (Lipinski definition) is 4. The van der Waals surface area contributed by atoms with Crippen LogP contribution in [0.5, 0.6) is 0 Å². The number of carbonyl (C=O) groups excluding carboxylic acids is 1. The first-order valence-corrected chi connectivity index (χ1v) is 9.40. The van der Waals surface area contributed by atoms with E-state index in [1.54, 1.807) is 29.1 Å². The number of aryl methyl sites for hydroxylation is 2. The van der Waals surface area contributed by atoms with Gasteiger partial charge in [0, 0.05) is 24.0 Å². The number of fused-ring (bicyclic) bond motifs is 2. The molecule has 144 valence electrons. The Balaban J connectivity index is 1.66. The summed E-state index contributed by atoms with van der Waals surface area (Å²) in [5.74, 6) is -0.545. The Morgan fingerprint density at radius 2 is 1.90 bits per heavy atom. The molecule has 0 aliphatic rings. The number of carbonyl (C=O) groups is 1. The lowest BCUT2D eigenvalue weighted by molar-refractivity contribution is 0.0953. The van der Waals surface area contributed by atoms with Gasteiger partial charge in [0.1, 0.15) is 11.2 Å². The number of rotatable bonds is 4. The fourth-order valence-electron chi connectivity index (χ4n) is 3.35. The largest absolute Gasteiger partial charge is 0.332 e. The van der Waals surface area contributed by atoms with Crippen LogP contribution in [-0.4, -0.2) is 21.7 Å². The van der Waals surface area contributed by atoms with Crippen molar-refractivity contribution >= 4 is 33.9 Å². The van der Waals surface area contributed by atoms with Crippen LogP contribution in [0.4, 0.5) is 0 Å². The molecule has 0 unspecified atom stereocenters. The summed E-state index contributed by atoms with van der Waals surface area (Å²) in [6.45, 7) is 4.40. The van der Waals surface area contributed by atoms with Crippen molar-refractivity contribution in [3.05, 3.63) is 87.8 Å². The van der Waals surface area contributed by atoms with E-state index in [0.29, 0.717) is 17.6 Å². The summed E-state index contributed by atoms with van der Waals surface area (Å²) >= 11 is 0. The smallest absolute Gasteiger partial charge is 0.276 e. The minimum absolute atomic E-state index is 0.0417. The number of hydrazone groups is 1. The van der Waals surface area contributed by atoms with Crippen LogP contribution >= 0.6 is 0 Å². The van der Waals surface area contributed by atoms with Crippen molar-refractivity contribution in [2.45, 2.75) is 20.4 Å². The zero-order valence-corrected chi connectivity index (χ0v) is 16.2. The van der Waals surface area contributed by atoms with Crippen LogP contribution in [0.15, 0.2) is 70.7 Å². The number of benzene rings is 2. The van der Waals surface area contributed by atoms with Gasteiger partial charge < -0.3 is 4.57 Å². The van der Waals surface area contributed by atoms with Crippen molar-refractivity contribution in [2.75, 3.05) is 0 Å². The minimum atomic E-state index is -0.545. The quantitative estimate of drug-likeness (QED) is 0.431. The van der Waals surface area contributed by atoms with Gasteiger partial charge in [-0.2, -0.15) is 5.10 Å². The molecule has 2 aromatic carbocycles. The molecule has 6 heteroatoms. The minimum Gasteiger partial charge on any atom is -0.332 e. The zero-order chi connectivity index (χ0) is 20.4. The highest BCUT2D eigenvalue weighted by Gasteiger charge is 2.15. The van der Waals surface area contributed by atoms with E-state index in [0.717, 1.165) is 22.0 Å². The van der Waals surface area contributed by atoms with Crippen LogP contribution in [0.1, 0.15) is 28.5 Å². The van der Waals surface area contributed by atoms with E-state index in [2.05, 4.69) is 15.5 Å². The van der Waals surface area contributed by atoms with Gasteiger partial charge >= 0.3 is 0 Å². The van der Waals surface area contributed by atoms with E-state index in [4.69, 9.17) is 0 Å². The Kier molecular flexibility index (Phi) is 4.91. The number of pyridine rings is 2. The van der Waals surface area contributed by atoms with Crippen molar-refractivity contribution in [1.29, 1.82) is 0 Å². The van der Waals surface area contributed by atoms with Crippen LogP contribution < -0.4 is 10.9 Å². The summed E-state index contributed by atoms with van der Waals surface area (Å²) in [5, 5.41) is 6.61. The lowest BCUT2D eigenvalue weighted by Gasteiger charge is -2.10. The van der Waals surface area contributed by atoms with Gasteiger partial charge in [-0.1, -0.05) is 42.5 Å². The van der Waals surface area contributed by atoms with Crippen LogP contribution in [-0.2, 0) is 6.54 Å². The van der Waals surface area contributed by atoms with Crippen molar-refractivity contribution < 1.29 is 4.79 Å². The Labute approximate surface area is 167 Å². The fourth-order valence-corrected chi connectivity index (χ4v) is 3.35. The molecule has 0 saturated carbocycles. The molecule has 1 amide bonds.